The second-order valence-corrected chi connectivity index (χ2v) is 4.17. The Balaban J connectivity index is 2.34. The van der Waals surface area contributed by atoms with Gasteiger partial charge in [-0.05, 0) is 23.1 Å². The van der Waals surface area contributed by atoms with Gasteiger partial charge in [-0.25, -0.2) is 0 Å². The molecule has 17 heavy (non-hydrogen) atoms. The highest BCUT2D eigenvalue weighted by molar-refractivity contribution is 5.67. The first-order valence-corrected chi connectivity index (χ1v) is 5.81. The maximum absolute atomic E-state index is 9.03. The number of nitrogens with two attached hydrogens (primary N) is 1. The van der Waals surface area contributed by atoms with Crippen molar-refractivity contribution in [3.05, 3.63) is 60.2 Å². The normalized spacial score (nSPS) is 12.4. The lowest BCUT2D eigenvalue weighted by Gasteiger charge is -2.13. The summed E-state index contributed by atoms with van der Waals surface area (Å²) in [4.78, 5) is 0. The maximum atomic E-state index is 9.03. The highest BCUT2D eigenvalue weighted by Gasteiger charge is 2.07. The average Bonchev–Trinajstić information content (AvgIpc) is 2.40. The Labute approximate surface area is 102 Å². The third-order valence-corrected chi connectivity index (χ3v) is 2.82. The van der Waals surface area contributed by atoms with Crippen LogP contribution < -0.4 is 5.73 Å². The summed E-state index contributed by atoms with van der Waals surface area (Å²) in [5, 5.41) is 9.03. The fourth-order valence-electron chi connectivity index (χ4n) is 1.94. The Morgan fingerprint density at radius 1 is 0.941 bits per heavy atom. The van der Waals surface area contributed by atoms with Crippen LogP contribution in [-0.4, -0.2) is 17.8 Å². The standard InChI is InChI=1S/C15H17NO/c16-14(11-17)10-13-8-4-5-9-15(13)12-6-2-1-3-7-12/h1-9,14,17H,10-11,16H2. The van der Waals surface area contributed by atoms with E-state index >= 15 is 0 Å². The van der Waals surface area contributed by atoms with Gasteiger partial charge in [0.1, 0.15) is 0 Å². The minimum Gasteiger partial charge on any atom is -0.395 e. The summed E-state index contributed by atoms with van der Waals surface area (Å²) in [7, 11) is 0. The van der Waals surface area contributed by atoms with Crippen molar-refractivity contribution in [1.29, 1.82) is 0 Å². The lowest BCUT2D eigenvalue weighted by molar-refractivity contribution is 0.265. The number of aliphatic hydroxyl groups excluding tert-OH is 1. The molecule has 0 radical (unpaired) electrons. The van der Waals surface area contributed by atoms with Gasteiger partial charge in [0.2, 0.25) is 0 Å². The monoisotopic (exact) mass is 227 g/mol. The third kappa shape index (κ3) is 2.93. The molecule has 2 heteroatoms. The second kappa shape index (κ2) is 5.62. The molecule has 0 bridgehead atoms. The number of rotatable bonds is 4. The van der Waals surface area contributed by atoms with Crippen LogP contribution in [0, 0.1) is 0 Å². The molecule has 88 valence electrons. The van der Waals surface area contributed by atoms with Gasteiger partial charge >= 0.3 is 0 Å². The molecule has 0 aliphatic rings. The van der Waals surface area contributed by atoms with E-state index in [1.807, 2.05) is 30.3 Å². The zero-order valence-electron chi connectivity index (χ0n) is 9.71. The molecule has 0 aromatic heterocycles. The SMILES string of the molecule is NC(CO)Cc1ccccc1-c1ccccc1. The van der Waals surface area contributed by atoms with Gasteiger partial charge in [-0.15, -0.1) is 0 Å². The quantitative estimate of drug-likeness (QED) is 0.841. The predicted molar refractivity (Wildman–Crippen MR) is 70.6 cm³/mol. The largest absolute Gasteiger partial charge is 0.395 e. The third-order valence-electron chi connectivity index (χ3n) is 2.82. The van der Waals surface area contributed by atoms with Gasteiger partial charge in [-0.3, -0.25) is 0 Å². The van der Waals surface area contributed by atoms with Crippen molar-refractivity contribution in [1.82, 2.24) is 0 Å². The molecule has 0 aliphatic carbocycles. The Kier molecular flexibility index (Phi) is 3.91. The van der Waals surface area contributed by atoms with Crippen LogP contribution in [0.3, 0.4) is 0 Å². The first kappa shape index (κ1) is 11.8. The molecule has 0 saturated heterocycles. The Morgan fingerprint density at radius 3 is 2.29 bits per heavy atom. The number of benzene rings is 2. The number of aliphatic hydroxyl groups is 1. The Hall–Kier alpha value is -1.64. The number of hydrogen-bond acceptors (Lipinski definition) is 2. The minimum absolute atomic E-state index is 0.0170. The van der Waals surface area contributed by atoms with Gasteiger partial charge in [-0.1, -0.05) is 54.6 Å². The smallest absolute Gasteiger partial charge is 0.0585 e. The van der Waals surface area contributed by atoms with E-state index < -0.39 is 0 Å². The molecule has 0 amide bonds. The van der Waals surface area contributed by atoms with E-state index in [4.69, 9.17) is 10.8 Å². The first-order chi connectivity index (χ1) is 8.31. The molecule has 2 aromatic carbocycles. The zero-order chi connectivity index (χ0) is 12.1. The van der Waals surface area contributed by atoms with Gasteiger partial charge in [0, 0.05) is 6.04 Å². The second-order valence-electron chi connectivity index (χ2n) is 4.17. The molecule has 0 aliphatic heterocycles. The Bertz CT molecular complexity index is 467. The summed E-state index contributed by atoms with van der Waals surface area (Å²) in [5.41, 5.74) is 9.36. The van der Waals surface area contributed by atoms with Crippen LogP contribution in [0.1, 0.15) is 5.56 Å². The number of hydrogen-bond donors (Lipinski definition) is 2. The van der Waals surface area contributed by atoms with Gasteiger partial charge in [0.05, 0.1) is 6.61 Å². The summed E-state index contributed by atoms with van der Waals surface area (Å²) in [5.74, 6) is 0. The lowest BCUT2D eigenvalue weighted by Crippen LogP contribution is -2.27. The summed E-state index contributed by atoms with van der Waals surface area (Å²) in [6, 6.07) is 18.2. The van der Waals surface area contributed by atoms with E-state index in [-0.39, 0.29) is 12.6 Å². The van der Waals surface area contributed by atoms with Crippen molar-refractivity contribution < 1.29 is 5.11 Å². The van der Waals surface area contributed by atoms with Gasteiger partial charge in [-0.2, -0.15) is 0 Å². The molecule has 3 N–H and O–H groups in total. The molecule has 2 aromatic rings. The van der Waals surface area contributed by atoms with Crippen molar-refractivity contribution in [3.8, 4) is 11.1 Å². The molecule has 0 fully saturated rings. The first-order valence-electron chi connectivity index (χ1n) is 5.81. The Morgan fingerprint density at radius 2 is 1.59 bits per heavy atom. The van der Waals surface area contributed by atoms with Crippen molar-refractivity contribution in [3.63, 3.8) is 0 Å². The molecule has 0 spiro atoms. The molecule has 1 atom stereocenters. The average molecular weight is 227 g/mol. The summed E-state index contributed by atoms with van der Waals surface area (Å²) in [6.45, 7) is 0.0170. The van der Waals surface area contributed by atoms with Crippen molar-refractivity contribution in [2.75, 3.05) is 6.61 Å². The molecule has 0 saturated carbocycles. The van der Waals surface area contributed by atoms with E-state index in [0.29, 0.717) is 6.42 Å². The molecule has 2 rings (SSSR count). The van der Waals surface area contributed by atoms with Crippen molar-refractivity contribution in [2.45, 2.75) is 12.5 Å². The fraction of sp³-hybridized carbons (Fsp3) is 0.200. The van der Waals surface area contributed by atoms with E-state index in [1.165, 1.54) is 16.7 Å². The van der Waals surface area contributed by atoms with Gasteiger partial charge in [0.15, 0.2) is 0 Å². The molecule has 0 heterocycles. The predicted octanol–water partition coefficient (Wildman–Crippen LogP) is 2.22. The van der Waals surface area contributed by atoms with Crippen LogP contribution in [0.5, 0.6) is 0 Å². The topological polar surface area (TPSA) is 46.2 Å². The molecular weight excluding hydrogens is 210 g/mol. The van der Waals surface area contributed by atoms with Crippen molar-refractivity contribution in [2.24, 2.45) is 5.73 Å². The van der Waals surface area contributed by atoms with E-state index in [1.54, 1.807) is 0 Å². The van der Waals surface area contributed by atoms with Crippen molar-refractivity contribution >= 4 is 0 Å². The van der Waals surface area contributed by atoms with E-state index in [9.17, 15) is 0 Å². The van der Waals surface area contributed by atoms with Crippen LogP contribution in [0.15, 0.2) is 54.6 Å². The molecule has 2 nitrogen and oxygen atoms in total. The highest BCUT2D eigenvalue weighted by Crippen LogP contribution is 2.24. The van der Waals surface area contributed by atoms with Crippen LogP contribution in [0.25, 0.3) is 11.1 Å². The van der Waals surface area contributed by atoms with Crippen LogP contribution in [-0.2, 0) is 6.42 Å². The summed E-state index contributed by atoms with van der Waals surface area (Å²) in [6.07, 6.45) is 0.696. The van der Waals surface area contributed by atoms with Crippen LogP contribution in [0.2, 0.25) is 0 Å². The van der Waals surface area contributed by atoms with Crippen LogP contribution in [0.4, 0.5) is 0 Å². The van der Waals surface area contributed by atoms with E-state index in [2.05, 4.69) is 24.3 Å². The molecular formula is C15H17NO. The zero-order valence-corrected chi connectivity index (χ0v) is 9.71. The fourth-order valence-corrected chi connectivity index (χ4v) is 1.94. The van der Waals surface area contributed by atoms with Gasteiger partial charge < -0.3 is 10.8 Å². The summed E-state index contributed by atoms with van der Waals surface area (Å²) < 4.78 is 0. The lowest BCUT2D eigenvalue weighted by atomic mass is 9.95. The summed E-state index contributed by atoms with van der Waals surface area (Å²) >= 11 is 0. The molecule has 1 unspecified atom stereocenters. The minimum atomic E-state index is -0.195. The highest BCUT2D eigenvalue weighted by atomic mass is 16.3. The maximum Gasteiger partial charge on any atom is 0.0585 e. The van der Waals surface area contributed by atoms with Gasteiger partial charge in [0.25, 0.3) is 0 Å². The van der Waals surface area contributed by atoms with Crippen LogP contribution >= 0.6 is 0 Å². The van der Waals surface area contributed by atoms with E-state index in [0.717, 1.165) is 0 Å².